The molecule has 2 bridgehead atoms. The minimum absolute atomic E-state index is 0.0122. The number of methoxy groups -OCH3 is 1. The van der Waals surface area contributed by atoms with Gasteiger partial charge in [-0.1, -0.05) is 38.5 Å². The molecule has 2 amide bonds. The molecule has 3 rings (SSSR count). The Labute approximate surface area is 151 Å². The number of nitrogens with zero attached hydrogens (tertiary/aromatic N) is 1. The van der Waals surface area contributed by atoms with Crippen LogP contribution in [0.4, 0.5) is 4.79 Å². The summed E-state index contributed by atoms with van der Waals surface area (Å²) >= 11 is 0. The third kappa shape index (κ3) is 2.90. The van der Waals surface area contributed by atoms with E-state index in [2.05, 4.69) is 39.1 Å². The van der Waals surface area contributed by atoms with Gasteiger partial charge in [0.05, 0.1) is 13.7 Å². The number of nitrogens with one attached hydrogen (secondary N) is 1. The first-order valence-corrected chi connectivity index (χ1v) is 9.34. The van der Waals surface area contributed by atoms with Gasteiger partial charge in [0.1, 0.15) is 5.75 Å². The lowest BCUT2D eigenvalue weighted by Crippen LogP contribution is -2.50. The number of hydrogen-bond donors (Lipinski definition) is 1. The molecule has 0 heterocycles. The van der Waals surface area contributed by atoms with Gasteiger partial charge in [-0.3, -0.25) is 0 Å². The summed E-state index contributed by atoms with van der Waals surface area (Å²) in [5.41, 5.74) is 2.73. The van der Waals surface area contributed by atoms with Crippen LogP contribution >= 0.6 is 0 Å². The highest BCUT2D eigenvalue weighted by atomic mass is 16.5. The third-order valence-electron chi connectivity index (χ3n) is 7.28. The van der Waals surface area contributed by atoms with Gasteiger partial charge in [-0.2, -0.15) is 0 Å². The number of amides is 2. The number of hydrogen-bond acceptors (Lipinski definition) is 2. The van der Waals surface area contributed by atoms with Crippen LogP contribution in [-0.4, -0.2) is 31.1 Å². The number of benzene rings is 1. The average Bonchev–Trinajstić information content (AvgIpc) is 2.88. The Morgan fingerprint density at radius 3 is 2.64 bits per heavy atom. The molecule has 2 aliphatic rings. The molecular formula is C21H32N2O2. The minimum Gasteiger partial charge on any atom is -0.496 e. The lowest BCUT2D eigenvalue weighted by molar-refractivity contribution is 0.118. The SMILES string of the molecule is COc1ccc(C)cc1CN(C)C(=O)NC1CC2CCC1(C)C2(C)C. The maximum atomic E-state index is 12.8. The lowest BCUT2D eigenvalue weighted by atomic mass is 9.69. The van der Waals surface area contributed by atoms with Gasteiger partial charge in [0.15, 0.2) is 0 Å². The van der Waals surface area contributed by atoms with E-state index in [1.807, 2.05) is 19.2 Å². The zero-order chi connectivity index (χ0) is 18.4. The van der Waals surface area contributed by atoms with Crippen LogP contribution in [-0.2, 0) is 6.54 Å². The fourth-order valence-electron chi connectivity index (χ4n) is 5.04. The first-order valence-electron chi connectivity index (χ1n) is 9.34. The van der Waals surface area contributed by atoms with Crippen molar-refractivity contribution in [3.63, 3.8) is 0 Å². The fraction of sp³-hybridized carbons (Fsp3) is 0.667. The molecule has 3 unspecified atom stereocenters. The Bertz CT molecular complexity index is 670. The highest BCUT2D eigenvalue weighted by Gasteiger charge is 2.61. The molecule has 4 nitrogen and oxygen atoms in total. The summed E-state index contributed by atoms with van der Waals surface area (Å²) in [6, 6.07) is 6.37. The molecule has 0 saturated heterocycles. The van der Waals surface area contributed by atoms with E-state index < -0.39 is 0 Å². The van der Waals surface area contributed by atoms with Crippen molar-refractivity contribution in [3.05, 3.63) is 29.3 Å². The predicted octanol–water partition coefficient (Wildman–Crippen LogP) is 4.36. The van der Waals surface area contributed by atoms with Gasteiger partial charge in [-0.05, 0) is 49.0 Å². The smallest absolute Gasteiger partial charge is 0.317 e. The normalized spacial score (nSPS) is 29.5. The summed E-state index contributed by atoms with van der Waals surface area (Å²) < 4.78 is 5.44. The molecule has 4 heteroatoms. The van der Waals surface area contributed by atoms with Crippen LogP contribution in [0.3, 0.4) is 0 Å². The summed E-state index contributed by atoms with van der Waals surface area (Å²) in [4.78, 5) is 14.6. The Morgan fingerprint density at radius 2 is 2.08 bits per heavy atom. The summed E-state index contributed by atoms with van der Waals surface area (Å²) in [5.74, 6) is 1.56. The maximum absolute atomic E-state index is 12.8. The summed E-state index contributed by atoms with van der Waals surface area (Å²) in [6.07, 6.45) is 3.62. The van der Waals surface area contributed by atoms with Crippen LogP contribution in [0.25, 0.3) is 0 Å². The van der Waals surface area contributed by atoms with Crippen LogP contribution in [0.1, 0.15) is 51.2 Å². The number of aryl methyl sites for hydroxylation is 1. The molecule has 2 saturated carbocycles. The first-order chi connectivity index (χ1) is 11.7. The second kappa shape index (κ2) is 6.22. The Kier molecular flexibility index (Phi) is 4.50. The molecule has 2 aliphatic carbocycles. The Balaban J connectivity index is 1.68. The number of urea groups is 1. The summed E-state index contributed by atoms with van der Waals surface area (Å²) in [6.45, 7) is 9.71. The molecule has 0 radical (unpaired) electrons. The van der Waals surface area contributed by atoms with E-state index in [-0.39, 0.29) is 17.5 Å². The Morgan fingerprint density at radius 1 is 1.36 bits per heavy atom. The predicted molar refractivity (Wildman–Crippen MR) is 101 cm³/mol. The van der Waals surface area contributed by atoms with Crippen molar-refractivity contribution >= 4 is 6.03 Å². The number of fused-ring (bicyclic) bond motifs is 2. The monoisotopic (exact) mass is 344 g/mol. The topological polar surface area (TPSA) is 41.6 Å². The minimum atomic E-state index is 0.0122. The second-order valence-corrected chi connectivity index (χ2v) is 8.78. The van der Waals surface area contributed by atoms with Crippen molar-refractivity contribution in [3.8, 4) is 5.75 Å². The van der Waals surface area contributed by atoms with Crippen molar-refractivity contribution in [1.29, 1.82) is 0 Å². The average molecular weight is 344 g/mol. The summed E-state index contributed by atoms with van der Waals surface area (Å²) in [7, 11) is 3.53. The van der Waals surface area contributed by atoms with E-state index in [0.29, 0.717) is 12.0 Å². The fourth-order valence-corrected chi connectivity index (χ4v) is 5.04. The molecule has 1 aromatic carbocycles. The van der Waals surface area contributed by atoms with E-state index >= 15 is 0 Å². The number of rotatable bonds is 4. The standard InChI is InChI=1S/C21H32N2O2/c1-14-7-8-17(25-6)15(11-14)13-23(5)19(24)22-18-12-16-9-10-21(18,4)20(16,2)3/h7-8,11,16,18H,9-10,12-13H2,1-6H3,(H,22,24). The van der Waals surface area contributed by atoms with E-state index in [9.17, 15) is 4.79 Å². The van der Waals surface area contributed by atoms with Gasteiger partial charge >= 0.3 is 6.03 Å². The van der Waals surface area contributed by atoms with Crippen molar-refractivity contribution in [2.45, 2.75) is 59.5 Å². The van der Waals surface area contributed by atoms with Gasteiger partial charge in [0.2, 0.25) is 0 Å². The van der Waals surface area contributed by atoms with Gasteiger partial charge in [0.25, 0.3) is 0 Å². The van der Waals surface area contributed by atoms with Crippen LogP contribution < -0.4 is 10.1 Å². The molecule has 0 aliphatic heterocycles. The summed E-state index contributed by atoms with van der Waals surface area (Å²) in [5, 5.41) is 3.32. The van der Waals surface area contributed by atoms with Crippen molar-refractivity contribution in [1.82, 2.24) is 10.2 Å². The van der Waals surface area contributed by atoms with Crippen molar-refractivity contribution in [2.24, 2.45) is 16.7 Å². The van der Waals surface area contributed by atoms with Crippen LogP contribution in [0, 0.1) is 23.7 Å². The van der Waals surface area contributed by atoms with E-state index in [0.717, 1.165) is 23.7 Å². The van der Waals surface area contributed by atoms with Gasteiger partial charge in [0, 0.05) is 18.7 Å². The quantitative estimate of drug-likeness (QED) is 0.882. The molecule has 2 fully saturated rings. The molecule has 1 aromatic rings. The van der Waals surface area contributed by atoms with E-state index in [1.54, 1.807) is 12.0 Å². The zero-order valence-electron chi connectivity index (χ0n) is 16.5. The largest absolute Gasteiger partial charge is 0.496 e. The first kappa shape index (κ1) is 18.1. The maximum Gasteiger partial charge on any atom is 0.317 e. The van der Waals surface area contributed by atoms with Crippen molar-refractivity contribution in [2.75, 3.05) is 14.2 Å². The molecule has 138 valence electrons. The Hall–Kier alpha value is -1.71. The van der Waals surface area contributed by atoms with Gasteiger partial charge in [-0.15, -0.1) is 0 Å². The number of carbonyl (C=O) groups excluding carboxylic acids is 1. The third-order valence-corrected chi connectivity index (χ3v) is 7.28. The van der Waals surface area contributed by atoms with Crippen LogP contribution in [0.5, 0.6) is 5.75 Å². The number of ether oxygens (including phenoxy) is 1. The van der Waals surface area contributed by atoms with Crippen LogP contribution in [0.2, 0.25) is 0 Å². The second-order valence-electron chi connectivity index (χ2n) is 8.78. The van der Waals surface area contributed by atoms with Crippen molar-refractivity contribution < 1.29 is 9.53 Å². The molecule has 0 aromatic heterocycles. The van der Waals surface area contributed by atoms with E-state index in [4.69, 9.17) is 4.74 Å². The molecule has 3 atom stereocenters. The lowest BCUT2D eigenvalue weighted by Gasteiger charge is -2.40. The number of carbonyl (C=O) groups is 1. The van der Waals surface area contributed by atoms with E-state index in [1.165, 1.54) is 18.4 Å². The van der Waals surface area contributed by atoms with Gasteiger partial charge < -0.3 is 15.0 Å². The zero-order valence-corrected chi connectivity index (χ0v) is 16.5. The molecule has 1 N–H and O–H groups in total. The highest BCUT2D eigenvalue weighted by molar-refractivity contribution is 5.74. The van der Waals surface area contributed by atoms with Crippen LogP contribution in [0.15, 0.2) is 18.2 Å². The van der Waals surface area contributed by atoms with Gasteiger partial charge in [-0.25, -0.2) is 4.79 Å². The highest BCUT2D eigenvalue weighted by Crippen LogP contribution is 2.65. The molecule has 0 spiro atoms. The molecule has 25 heavy (non-hydrogen) atoms. The molecular weight excluding hydrogens is 312 g/mol.